The number of hydrogen-bond donors (Lipinski definition) is 0. The number of fused-ring (bicyclic) bond motifs is 8. The second kappa shape index (κ2) is 10.5. The summed E-state index contributed by atoms with van der Waals surface area (Å²) in [6, 6.07) is 63.1. The summed E-state index contributed by atoms with van der Waals surface area (Å²) in [5, 5.41) is 10.3. The topological polar surface area (TPSA) is 0 Å². The molecule has 0 spiro atoms. The van der Waals surface area contributed by atoms with Crippen LogP contribution in [0.5, 0.6) is 0 Å². The van der Waals surface area contributed by atoms with Gasteiger partial charge in [0.05, 0.1) is 0 Å². The normalized spacial score (nSPS) is 13.3. The van der Waals surface area contributed by atoms with Crippen molar-refractivity contribution in [2.45, 2.75) is 19.3 Å². The monoisotopic (exact) mass is 622 g/mol. The lowest BCUT2D eigenvalue weighted by Gasteiger charge is -2.24. The van der Waals surface area contributed by atoms with Crippen molar-refractivity contribution in [3.8, 4) is 44.5 Å². The maximum absolute atomic E-state index is 2.52. The Morgan fingerprint density at radius 1 is 0.306 bits per heavy atom. The fraction of sp³-hybridized carbons (Fsp3) is 0.0612. The van der Waals surface area contributed by atoms with Crippen molar-refractivity contribution < 1.29 is 0 Å². The van der Waals surface area contributed by atoms with Gasteiger partial charge in [-0.2, -0.15) is 0 Å². The van der Waals surface area contributed by atoms with Gasteiger partial charge in [-0.25, -0.2) is 0 Å². The van der Waals surface area contributed by atoms with E-state index in [0.29, 0.717) is 0 Å². The van der Waals surface area contributed by atoms with Gasteiger partial charge in [0.2, 0.25) is 0 Å². The third-order valence-corrected chi connectivity index (χ3v) is 11.1. The molecule has 0 amide bonds. The number of rotatable bonds is 3. The van der Waals surface area contributed by atoms with Gasteiger partial charge in [0.15, 0.2) is 0 Å². The van der Waals surface area contributed by atoms with Crippen molar-refractivity contribution >= 4 is 43.1 Å². The molecular weight excluding hydrogens is 589 g/mol. The van der Waals surface area contributed by atoms with Crippen LogP contribution in [-0.4, -0.2) is 0 Å². The highest BCUT2D eigenvalue weighted by atomic mass is 14.4. The van der Waals surface area contributed by atoms with Crippen LogP contribution < -0.4 is 0 Å². The smallest absolute Gasteiger partial charge is 0.0159 e. The maximum atomic E-state index is 2.52. The molecule has 0 fully saturated rings. The van der Waals surface area contributed by atoms with Gasteiger partial charge in [0.25, 0.3) is 0 Å². The van der Waals surface area contributed by atoms with Gasteiger partial charge in [-0.05, 0) is 105 Å². The van der Waals surface area contributed by atoms with Gasteiger partial charge in [0, 0.05) is 5.41 Å². The van der Waals surface area contributed by atoms with Crippen molar-refractivity contribution in [1.29, 1.82) is 0 Å². The molecule has 0 aromatic heterocycles. The average Bonchev–Trinajstić information content (AvgIpc) is 3.39. The first-order valence-corrected chi connectivity index (χ1v) is 17.3. The third kappa shape index (κ3) is 4.04. The molecular formula is C49H34. The fourth-order valence-corrected chi connectivity index (χ4v) is 8.78. The SMILES string of the molecule is CC1(C)c2ccccc2-c2c1cc(-c1c3ccccc3c(-c3ccc(-c4cccc5ccccc45)cc3)c3ccccc13)c1ccccc21. The Morgan fingerprint density at radius 2 is 0.776 bits per heavy atom. The van der Waals surface area contributed by atoms with E-state index in [9.17, 15) is 0 Å². The minimum Gasteiger partial charge on any atom is -0.0619 e. The minimum absolute atomic E-state index is 0.0952. The van der Waals surface area contributed by atoms with Crippen molar-refractivity contribution in [1.82, 2.24) is 0 Å². The van der Waals surface area contributed by atoms with Gasteiger partial charge in [-0.1, -0.05) is 178 Å². The van der Waals surface area contributed by atoms with Crippen LogP contribution in [0.1, 0.15) is 25.0 Å². The second-order valence-electron chi connectivity index (χ2n) is 14.0. The largest absolute Gasteiger partial charge is 0.0619 e. The number of benzene rings is 9. The van der Waals surface area contributed by atoms with Crippen LogP contribution in [0.3, 0.4) is 0 Å². The van der Waals surface area contributed by atoms with Crippen LogP contribution in [0.25, 0.3) is 87.6 Å². The average molecular weight is 623 g/mol. The molecule has 0 heterocycles. The van der Waals surface area contributed by atoms with E-state index in [2.05, 4.69) is 184 Å². The summed E-state index contributed by atoms with van der Waals surface area (Å²) in [5.74, 6) is 0. The molecule has 1 aliphatic carbocycles. The highest BCUT2D eigenvalue weighted by molar-refractivity contribution is 6.24. The molecule has 0 nitrogen and oxygen atoms in total. The van der Waals surface area contributed by atoms with E-state index in [1.54, 1.807) is 0 Å². The van der Waals surface area contributed by atoms with E-state index in [0.717, 1.165) is 0 Å². The standard InChI is InChI=1S/C49H34/c1-49(2)44-25-12-11-23-42(44)48-37-18-6-5-17-36(37)43(30-45(48)49)47-40-21-9-7-19-38(40)46(39-20-8-10-22-41(39)47)33-28-26-32(27-29-33)35-24-13-15-31-14-3-4-16-34(31)35/h3-30H,1-2H3. The molecule has 0 bridgehead atoms. The van der Waals surface area contributed by atoms with Crippen LogP contribution in [0, 0.1) is 0 Å². The predicted molar refractivity (Wildman–Crippen MR) is 210 cm³/mol. The molecule has 0 atom stereocenters. The Balaban J connectivity index is 1.24. The molecule has 9 aromatic rings. The van der Waals surface area contributed by atoms with Gasteiger partial charge in [-0.3, -0.25) is 0 Å². The van der Waals surface area contributed by atoms with Crippen LogP contribution >= 0.6 is 0 Å². The lowest BCUT2D eigenvalue weighted by Crippen LogP contribution is -2.15. The van der Waals surface area contributed by atoms with E-state index in [-0.39, 0.29) is 5.41 Å². The van der Waals surface area contributed by atoms with Gasteiger partial charge >= 0.3 is 0 Å². The van der Waals surface area contributed by atoms with E-state index < -0.39 is 0 Å². The van der Waals surface area contributed by atoms with Crippen LogP contribution in [0.2, 0.25) is 0 Å². The lowest BCUT2D eigenvalue weighted by molar-refractivity contribution is 0.661. The first-order chi connectivity index (χ1) is 24.1. The molecule has 10 rings (SSSR count). The summed E-state index contributed by atoms with van der Waals surface area (Å²) in [4.78, 5) is 0. The highest BCUT2D eigenvalue weighted by Gasteiger charge is 2.37. The summed E-state index contributed by atoms with van der Waals surface area (Å²) in [7, 11) is 0. The van der Waals surface area contributed by atoms with Crippen LogP contribution in [0.15, 0.2) is 170 Å². The fourth-order valence-electron chi connectivity index (χ4n) is 8.78. The Hall–Kier alpha value is -5.98. The van der Waals surface area contributed by atoms with Gasteiger partial charge < -0.3 is 0 Å². The Kier molecular flexibility index (Phi) is 6.02. The van der Waals surface area contributed by atoms with Crippen molar-refractivity contribution in [2.24, 2.45) is 0 Å². The van der Waals surface area contributed by atoms with E-state index >= 15 is 0 Å². The van der Waals surface area contributed by atoms with E-state index in [1.807, 2.05) is 0 Å². The molecule has 0 aliphatic heterocycles. The van der Waals surface area contributed by atoms with Gasteiger partial charge in [0.1, 0.15) is 0 Å². The van der Waals surface area contributed by atoms with Crippen LogP contribution in [-0.2, 0) is 5.41 Å². The predicted octanol–water partition coefficient (Wildman–Crippen LogP) is 13.6. The summed E-state index contributed by atoms with van der Waals surface area (Å²) < 4.78 is 0. The number of hydrogen-bond acceptors (Lipinski definition) is 0. The quantitative estimate of drug-likeness (QED) is 0.172. The first kappa shape index (κ1) is 28.1. The molecule has 0 unspecified atom stereocenters. The summed E-state index contributed by atoms with van der Waals surface area (Å²) in [6.07, 6.45) is 0. The first-order valence-electron chi connectivity index (χ1n) is 17.3. The van der Waals surface area contributed by atoms with Crippen LogP contribution in [0.4, 0.5) is 0 Å². The highest BCUT2D eigenvalue weighted by Crippen LogP contribution is 2.54. The summed E-state index contributed by atoms with van der Waals surface area (Å²) in [5.41, 5.74) is 13.1. The Bertz CT molecular complexity index is 2720. The van der Waals surface area contributed by atoms with Crippen molar-refractivity contribution in [2.75, 3.05) is 0 Å². The van der Waals surface area contributed by atoms with Crippen molar-refractivity contribution in [3.63, 3.8) is 0 Å². The maximum Gasteiger partial charge on any atom is 0.0159 e. The van der Waals surface area contributed by atoms with Crippen molar-refractivity contribution in [3.05, 3.63) is 181 Å². The Labute approximate surface area is 286 Å². The van der Waals surface area contributed by atoms with E-state index in [1.165, 1.54) is 98.7 Å². The summed E-state index contributed by atoms with van der Waals surface area (Å²) >= 11 is 0. The molecule has 0 saturated heterocycles. The molecule has 1 aliphatic rings. The molecule has 9 aromatic carbocycles. The summed E-state index contributed by atoms with van der Waals surface area (Å²) in [6.45, 7) is 4.77. The zero-order valence-electron chi connectivity index (χ0n) is 27.7. The Morgan fingerprint density at radius 3 is 1.45 bits per heavy atom. The minimum atomic E-state index is -0.0952. The zero-order valence-corrected chi connectivity index (χ0v) is 27.7. The molecule has 0 saturated carbocycles. The lowest BCUT2D eigenvalue weighted by atomic mass is 9.79. The third-order valence-electron chi connectivity index (χ3n) is 11.1. The molecule has 49 heavy (non-hydrogen) atoms. The second-order valence-corrected chi connectivity index (χ2v) is 14.0. The molecule has 0 radical (unpaired) electrons. The van der Waals surface area contributed by atoms with E-state index in [4.69, 9.17) is 0 Å². The zero-order chi connectivity index (χ0) is 32.7. The molecule has 230 valence electrons. The van der Waals surface area contributed by atoms with Gasteiger partial charge in [-0.15, -0.1) is 0 Å². The molecule has 0 N–H and O–H groups in total. The molecule has 0 heteroatoms.